The van der Waals surface area contributed by atoms with Crippen LogP contribution < -0.4 is 10.6 Å². The predicted octanol–water partition coefficient (Wildman–Crippen LogP) is 4.45. The first kappa shape index (κ1) is 17.7. The van der Waals surface area contributed by atoms with E-state index in [4.69, 9.17) is 4.42 Å². The summed E-state index contributed by atoms with van der Waals surface area (Å²) in [5.74, 6) is -0.844. The maximum absolute atomic E-state index is 12.7. The Hall–Kier alpha value is -3.12. The number of anilines is 1. The molecule has 0 saturated heterocycles. The summed E-state index contributed by atoms with van der Waals surface area (Å²) in [7, 11) is 0. The smallest absolute Gasteiger partial charge is 0.291 e. The molecule has 0 bridgehead atoms. The molecule has 0 atom stereocenters. The third-order valence-electron chi connectivity index (χ3n) is 3.43. The molecule has 2 N–H and O–H groups in total. The molecule has 130 valence electrons. The zero-order chi connectivity index (χ0) is 18.4. The SMILES string of the molecule is O=C(Nc1ccccc1)/C(=C\c1ccccc1)NC(=O)c1ccc(Br)o1. The predicted molar refractivity (Wildman–Crippen MR) is 103 cm³/mol. The fourth-order valence-electron chi connectivity index (χ4n) is 2.21. The minimum Gasteiger partial charge on any atom is -0.444 e. The van der Waals surface area contributed by atoms with Gasteiger partial charge in [-0.2, -0.15) is 0 Å². The van der Waals surface area contributed by atoms with Gasteiger partial charge in [-0.25, -0.2) is 0 Å². The van der Waals surface area contributed by atoms with E-state index in [9.17, 15) is 9.59 Å². The van der Waals surface area contributed by atoms with Gasteiger partial charge >= 0.3 is 0 Å². The van der Waals surface area contributed by atoms with Crippen molar-refractivity contribution in [3.8, 4) is 0 Å². The summed E-state index contributed by atoms with van der Waals surface area (Å²) >= 11 is 3.15. The molecule has 0 fully saturated rings. The normalized spacial score (nSPS) is 11.0. The summed E-state index contributed by atoms with van der Waals surface area (Å²) in [6.07, 6.45) is 1.61. The molecule has 0 aliphatic rings. The van der Waals surface area contributed by atoms with Crippen LogP contribution >= 0.6 is 15.9 Å². The van der Waals surface area contributed by atoms with Crippen LogP contribution in [0, 0.1) is 0 Å². The van der Waals surface area contributed by atoms with E-state index in [1.54, 1.807) is 24.3 Å². The second-order valence-corrected chi connectivity index (χ2v) is 6.13. The van der Waals surface area contributed by atoms with Crippen molar-refractivity contribution in [2.75, 3.05) is 5.32 Å². The highest BCUT2D eigenvalue weighted by Gasteiger charge is 2.17. The van der Waals surface area contributed by atoms with E-state index in [1.807, 2.05) is 48.5 Å². The highest BCUT2D eigenvalue weighted by Crippen LogP contribution is 2.15. The number of nitrogens with one attached hydrogen (secondary N) is 2. The number of rotatable bonds is 5. The van der Waals surface area contributed by atoms with Gasteiger partial charge in [0.1, 0.15) is 5.70 Å². The molecule has 5 nitrogen and oxygen atoms in total. The van der Waals surface area contributed by atoms with Crippen molar-refractivity contribution in [1.29, 1.82) is 0 Å². The second kappa shape index (κ2) is 8.31. The van der Waals surface area contributed by atoms with Crippen LogP contribution in [-0.4, -0.2) is 11.8 Å². The van der Waals surface area contributed by atoms with Crippen LogP contribution in [0.1, 0.15) is 16.1 Å². The summed E-state index contributed by atoms with van der Waals surface area (Å²) in [5, 5.41) is 5.37. The third-order valence-corrected chi connectivity index (χ3v) is 3.86. The van der Waals surface area contributed by atoms with E-state index in [-0.39, 0.29) is 11.5 Å². The van der Waals surface area contributed by atoms with Crippen molar-refractivity contribution in [3.63, 3.8) is 0 Å². The third kappa shape index (κ3) is 4.70. The number of hydrogen-bond acceptors (Lipinski definition) is 3. The van der Waals surface area contributed by atoms with Crippen LogP contribution in [-0.2, 0) is 4.79 Å². The minimum absolute atomic E-state index is 0.100. The number of carbonyl (C=O) groups is 2. The highest BCUT2D eigenvalue weighted by atomic mass is 79.9. The van der Waals surface area contributed by atoms with Crippen LogP contribution in [0.4, 0.5) is 5.69 Å². The van der Waals surface area contributed by atoms with E-state index in [0.717, 1.165) is 5.56 Å². The Morgan fingerprint density at radius 2 is 1.54 bits per heavy atom. The van der Waals surface area contributed by atoms with Crippen LogP contribution in [0.15, 0.2) is 87.6 Å². The first-order valence-corrected chi connectivity index (χ1v) is 8.61. The molecule has 0 spiro atoms. The Balaban J connectivity index is 1.85. The van der Waals surface area contributed by atoms with Gasteiger partial charge in [-0.1, -0.05) is 48.5 Å². The number of amides is 2. The number of carbonyl (C=O) groups excluding carboxylic acids is 2. The van der Waals surface area contributed by atoms with Gasteiger partial charge in [0, 0.05) is 5.69 Å². The maximum Gasteiger partial charge on any atom is 0.291 e. The Kier molecular flexibility index (Phi) is 5.66. The van der Waals surface area contributed by atoms with Crippen molar-refractivity contribution in [1.82, 2.24) is 5.32 Å². The number of benzene rings is 2. The molecule has 2 amide bonds. The summed E-state index contributed by atoms with van der Waals surface area (Å²) in [6, 6.07) is 21.4. The van der Waals surface area contributed by atoms with Gasteiger partial charge in [-0.05, 0) is 51.8 Å². The van der Waals surface area contributed by atoms with Gasteiger partial charge in [0.2, 0.25) is 0 Å². The summed E-state index contributed by atoms with van der Waals surface area (Å²) < 4.78 is 5.68. The molecule has 1 aromatic heterocycles. The number of halogens is 1. The molecule has 6 heteroatoms. The molecule has 1 heterocycles. The lowest BCUT2D eigenvalue weighted by molar-refractivity contribution is -0.113. The topological polar surface area (TPSA) is 71.3 Å². The lowest BCUT2D eigenvalue weighted by Gasteiger charge is -2.10. The van der Waals surface area contributed by atoms with Crippen molar-refractivity contribution in [3.05, 3.63) is 94.5 Å². The summed E-state index contributed by atoms with van der Waals surface area (Å²) in [6.45, 7) is 0. The van der Waals surface area contributed by atoms with Crippen molar-refractivity contribution in [2.24, 2.45) is 0 Å². The molecule has 2 aromatic carbocycles. The fourth-order valence-corrected chi connectivity index (χ4v) is 2.52. The first-order chi connectivity index (χ1) is 12.6. The molecular formula is C20H15BrN2O3. The van der Waals surface area contributed by atoms with Crippen molar-refractivity contribution >= 4 is 39.5 Å². The van der Waals surface area contributed by atoms with Crippen LogP contribution in [0.3, 0.4) is 0 Å². The fraction of sp³-hybridized carbons (Fsp3) is 0. The van der Waals surface area contributed by atoms with Gasteiger partial charge < -0.3 is 15.1 Å². The Labute approximate surface area is 158 Å². The van der Waals surface area contributed by atoms with Gasteiger partial charge in [-0.15, -0.1) is 0 Å². The highest BCUT2D eigenvalue weighted by molar-refractivity contribution is 9.10. The average Bonchev–Trinajstić information content (AvgIpc) is 3.09. The van der Waals surface area contributed by atoms with Gasteiger partial charge in [0.05, 0.1) is 0 Å². The lowest BCUT2D eigenvalue weighted by atomic mass is 10.2. The largest absolute Gasteiger partial charge is 0.444 e. The molecule has 26 heavy (non-hydrogen) atoms. The molecule has 0 radical (unpaired) electrons. The number of furan rings is 1. The van der Waals surface area contributed by atoms with Crippen LogP contribution in [0.25, 0.3) is 6.08 Å². The van der Waals surface area contributed by atoms with E-state index in [2.05, 4.69) is 26.6 Å². The van der Waals surface area contributed by atoms with E-state index in [1.165, 1.54) is 6.07 Å². The first-order valence-electron chi connectivity index (χ1n) is 7.81. The van der Waals surface area contributed by atoms with E-state index < -0.39 is 11.8 Å². The quantitative estimate of drug-likeness (QED) is 0.610. The zero-order valence-electron chi connectivity index (χ0n) is 13.6. The van der Waals surface area contributed by atoms with Crippen LogP contribution in [0.5, 0.6) is 0 Å². The lowest BCUT2D eigenvalue weighted by Crippen LogP contribution is -2.30. The molecular weight excluding hydrogens is 396 g/mol. The van der Waals surface area contributed by atoms with E-state index >= 15 is 0 Å². The van der Waals surface area contributed by atoms with Gasteiger partial charge in [-0.3, -0.25) is 9.59 Å². The molecule has 0 aliphatic heterocycles. The molecule has 0 saturated carbocycles. The molecule has 3 aromatic rings. The Morgan fingerprint density at radius 1 is 0.885 bits per heavy atom. The molecule has 0 unspecified atom stereocenters. The van der Waals surface area contributed by atoms with Gasteiger partial charge in [0.25, 0.3) is 11.8 Å². The number of hydrogen-bond donors (Lipinski definition) is 2. The summed E-state index contributed by atoms with van der Waals surface area (Å²) in [4.78, 5) is 25.0. The minimum atomic E-state index is -0.513. The molecule has 3 rings (SSSR count). The van der Waals surface area contributed by atoms with Gasteiger partial charge in [0.15, 0.2) is 10.4 Å². The monoisotopic (exact) mass is 410 g/mol. The molecule has 0 aliphatic carbocycles. The summed E-state index contributed by atoms with van der Waals surface area (Å²) in [5.41, 5.74) is 1.52. The standard InChI is InChI=1S/C20H15BrN2O3/c21-18-12-11-17(26-18)20(25)23-16(13-14-7-3-1-4-8-14)19(24)22-15-9-5-2-6-10-15/h1-13H,(H,22,24)(H,23,25)/b16-13+. The Morgan fingerprint density at radius 3 is 2.15 bits per heavy atom. The van der Waals surface area contributed by atoms with Crippen molar-refractivity contribution in [2.45, 2.75) is 0 Å². The maximum atomic E-state index is 12.7. The zero-order valence-corrected chi connectivity index (χ0v) is 15.2. The Bertz CT molecular complexity index is 934. The van der Waals surface area contributed by atoms with E-state index in [0.29, 0.717) is 10.4 Å². The number of para-hydroxylation sites is 1. The van der Waals surface area contributed by atoms with Crippen molar-refractivity contribution < 1.29 is 14.0 Å². The average molecular weight is 411 g/mol. The second-order valence-electron chi connectivity index (χ2n) is 5.35. The van der Waals surface area contributed by atoms with Crippen LogP contribution in [0.2, 0.25) is 0 Å².